The molecule has 0 radical (unpaired) electrons. The number of cyclic esters (lactones) is 1. The molecule has 9 heteroatoms. The summed E-state index contributed by atoms with van der Waals surface area (Å²) in [6.07, 6.45) is 2.47. The Bertz CT molecular complexity index is 1510. The zero-order valence-corrected chi connectivity index (χ0v) is 23.5. The average Bonchev–Trinajstić information content (AvgIpc) is 3.17. The molecule has 0 amide bonds. The smallest absolute Gasteiger partial charge is 0.309 e. The van der Waals surface area contributed by atoms with E-state index in [-0.39, 0.29) is 31.0 Å². The highest BCUT2D eigenvalue weighted by Gasteiger charge is 2.40. The zero-order valence-electron chi connectivity index (χ0n) is 22.0. The lowest BCUT2D eigenvalue weighted by molar-refractivity contribution is -0.149. The number of benzene rings is 1. The molecule has 3 aliphatic rings. The topological polar surface area (TPSA) is 84.7 Å². The number of hydrogen-bond acceptors (Lipinski definition) is 6. The van der Waals surface area contributed by atoms with Gasteiger partial charge in [0.25, 0.3) is 5.56 Å². The zero-order chi connectivity index (χ0) is 26.1. The molecular weight excluding hydrogens is 525 g/mol. The molecule has 1 aromatic carbocycles. The van der Waals surface area contributed by atoms with E-state index in [4.69, 9.17) is 21.3 Å². The molecule has 0 bridgehead atoms. The number of carbonyl (C=O) groups is 1. The van der Waals surface area contributed by atoms with Crippen LogP contribution in [0.15, 0.2) is 23.0 Å². The first-order chi connectivity index (χ1) is 17.7. The minimum Gasteiger partial charge on any atom is -0.460 e. The predicted octanol–water partition coefficient (Wildman–Crippen LogP) is 5.09. The fourth-order valence-electron chi connectivity index (χ4n) is 6.11. The Labute approximate surface area is 233 Å². The summed E-state index contributed by atoms with van der Waals surface area (Å²) >= 11 is 6.52. The fraction of sp³-hybridized carbons (Fsp3) is 0.483. The van der Waals surface area contributed by atoms with Gasteiger partial charge in [0.1, 0.15) is 12.2 Å². The number of aromatic nitrogens is 2. The Morgan fingerprint density at radius 2 is 1.92 bits per heavy atom. The summed E-state index contributed by atoms with van der Waals surface area (Å²) in [6.45, 7) is 9.27. The number of hydrogen-bond donors (Lipinski definition) is 1. The Morgan fingerprint density at radius 3 is 2.63 bits per heavy atom. The third-order valence-electron chi connectivity index (χ3n) is 8.60. The van der Waals surface area contributed by atoms with Gasteiger partial charge in [-0.05, 0) is 80.1 Å². The van der Waals surface area contributed by atoms with Crippen molar-refractivity contribution in [3.05, 3.63) is 61.4 Å². The van der Waals surface area contributed by atoms with E-state index in [1.165, 1.54) is 18.4 Å². The van der Waals surface area contributed by atoms with Gasteiger partial charge in [0.05, 0.1) is 35.4 Å². The third kappa shape index (κ3) is 4.34. The third-order valence-corrected chi connectivity index (χ3v) is 9.01. The van der Waals surface area contributed by atoms with Gasteiger partial charge in [-0.3, -0.25) is 14.5 Å². The summed E-state index contributed by atoms with van der Waals surface area (Å²) < 4.78 is 7.04. The highest BCUT2D eigenvalue weighted by molar-refractivity contribution is 6.32. The van der Waals surface area contributed by atoms with Gasteiger partial charge in [0, 0.05) is 22.5 Å². The van der Waals surface area contributed by atoms with Crippen LogP contribution in [-0.4, -0.2) is 38.6 Å². The lowest BCUT2D eigenvalue weighted by atomic mass is 9.85. The van der Waals surface area contributed by atoms with E-state index in [1.807, 2.05) is 26.0 Å². The molecule has 1 N–H and O–H groups in total. The van der Waals surface area contributed by atoms with Crippen LogP contribution < -0.4 is 5.56 Å². The van der Waals surface area contributed by atoms with Crippen molar-refractivity contribution in [2.24, 2.45) is 5.92 Å². The van der Waals surface area contributed by atoms with Crippen LogP contribution in [0, 0.1) is 12.8 Å². The lowest BCUT2D eigenvalue weighted by Gasteiger charge is -2.31. The van der Waals surface area contributed by atoms with Gasteiger partial charge in [-0.15, -0.1) is 12.4 Å². The maximum absolute atomic E-state index is 13.8. The van der Waals surface area contributed by atoms with E-state index >= 15 is 0 Å². The molecule has 0 spiro atoms. The average molecular weight is 559 g/mol. The second-order valence-electron chi connectivity index (χ2n) is 11.0. The van der Waals surface area contributed by atoms with Crippen LogP contribution in [0.5, 0.6) is 0 Å². The first-order valence-corrected chi connectivity index (χ1v) is 13.6. The summed E-state index contributed by atoms with van der Waals surface area (Å²) in [5, 5.41) is 13.2. The normalized spacial score (nSPS) is 21.3. The summed E-state index contributed by atoms with van der Waals surface area (Å²) in [6, 6.07) is 5.88. The number of fused-ring (bicyclic) bond motifs is 5. The standard InChI is InChI=1S/C29H32ClN3O4.ClH/c1-4-29(36)12-26(34)37-15-21-22(29)10-25-27-20(14-33(25)28(21)35)19(13-32-7-5-16(2)6-8-32)18-9-17(3)23(30)11-24(18)31-27;/h9-11,16,36H,4-8,12-15H2,1-3H3;1H. The van der Waals surface area contributed by atoms with Gasteiger partial charge in [-0.2, -0.15) is 0 Å². The first kappa shape index (κ1) is 27.1. The van der Waals surface area contributed by atoms with E-state index in [0.29, 0.717) is 34.8 Å². The van der Waals surface area contributed by atoms with Gasteiger partial charge < -0.3 is 14.4 Å². The second kappa shape index (κ2) is 9.94. The van der Waals surface area contributed by atoms with Crippen molar-refractivity contribution in [3.8, 4) is 11.4 Å². The minimum atomic E-state index is -1.45. The van der Waals surface area contributed by atoms with Gasteiger partial charge >= 0.3 is 5.97 Å². The molecule has 1 fully saturated rings. The molecule has 1 unspecified atom stereocenters. The van der Waals surface area contributed by atoms with Gasteiger partial charge in [0.2, 0.25) is 0 Å². The SMILES string of the molecule is CCC1(O)CC(=O)OCc2c1cc1n(c2=O)Cc2c-1nc1cc(Cl)c(C)cc1c2CN1CCC(C)CC1.Cl. The molecule has 0 aliphatic carbocycles. The number of piperidine rings is 1. The molecule has 6 rings (SSSR count). The van der Waals surface area contributed by atoms with Crippen molar-refractivity contribution in [3.63, 3.8) is 0 Å². The highest BCUT2D eigenvalue weighted by atomic mass is 35.5. The molecule has 7 nitrogen and oxygen atoms in total. The molecule has 38 heavy (non-hydrogen) atoms. The summed E-state index contributed by atoms with van der Waals surface area (Å²) in [4.78, 5) is 33.5. The molecule has 3 aliphatic heterocycles. The van der Waals surface area contributed by atoms with Crippen LogP contribution in [0.2, 0.25) is 5.02 Å². The first-order valence-electron chi connectivity index (χ1n) is 13.2. The van der Waals surface area contributed by atoms with Crippen molar-refractivity contribution in [2.45, 2.75) is 71.8 Å². The van der Waals surface area contributed by atoms with Crippen molar-refractivity contribution < 1.29 is 14.6 Å². The van der Waals surface area contributed by atoms with Crippen LogP contribution >= 0.6 is 24.0 Å². The summed E-state index contributed by atoms with van der Waals surface area (Å²) in [5.74, 6) is 0.236. The Kier molecular flexibility index (Phi) is 7.10. The number of pyridine rings is 2. The summed E-state index contributed by atoms with van der Waals surface area (Å²) in [5.41, 5.74) is 4.59. The fourth-order valence-corrected chi connectivity index (χ4v) is 6.27. The lowest BCUT2D eigenvalue weighted by Crippen LogP contribution is -2.33. The van der Waals surface area contributed by atoms with E-state index in [0.717, 1.165) is 53.3 Å². The number of likely N-dealkylation sites (tertiary alicyclic amines) is 1. The van der Waals surface area contributed by atoms with Crippen LogP contribution in [0.25, 0.3) is 22.3 Å². The van der Waals surface area contributed by atoms with Crippen LogP contribution in [-0.2, 0) is 34.8 Å². The molecule has 1 atom stereocenters. The van der Waals surface area contributed by atoms with Crippen LogP contribution in [0.4, 0.5) is 0 Å². The summed E-state index contributed by atoms with van der Waals surface area (Å²) in [7, 11) is 0. The number of aliphatic hydroxyl groups is 1. The number of aryl methyl sites for hydroxylation is 1. The number of esters is 1. The van der Waals surface area contributed by atoms with Crippen molar-refractivity contribution in [1.29, 1.82) is 0 Å². The largest absolute Gasteiger partial charge is 0.460 e. The van der Waals surface area contributed by atoms with Crippen molar-refractivity contribution >= 4 is 40.9 Å². The molecular formula is C29H33Cl2N3O4. The highest BCUT2D eigenvalue weighted by Crippen LogP contribution is 2.41. The van der Waals surface area contributed by atoms with E-state index in [9.17, 15) is 14.7 Å². The van der Waals surface area contributed by atoms with E-state index in [1.54, 1.807) is 4.57 Å². The Balaban J connectivity index is 0.00000294. The monoisotopic (exact) mass is 557 g/mol. The van der Waals surface area contributed by atoms with Crippen LogP contribution in [0.1, 0.15) is 67.3 Å². The Hall–Kier alpha value is -2.45. The number of halogens is 2. The molecule has 5 heterocycles. The number of nitrogens with zero attached hydrogens (tertiary/aromatic N) is 3. The van der Waals surface area contributed by atoms with E-state index < -0.39 is 11.6 Å². The van der Waals surface area contributed by atoms with Gasteiger partial charge in [0.15, 0.2) is 0 Å². The van der Waals surface area contributed by atoms with Gasteiger partial charge in [-0.1, -0.05) is 25.4 Å². The second-order valence-corrected chi connectivity index (χ2v) is 11.4. The maximum Gasteiger partial charge on any atom is 0.309 e. The molecule has 0 saturated carbocycles. The number of carbonyl (C=O) groups excluding carboxylic acids is 1. The maximum atomic E-state index is 13.8. The minimum absolute atomic E-state index is 0. The van der Waals surface area contributed by atoms with Crippen LogP contribution in [0.3, 0.4) is 0 Å². The number of rotatable bonds is 3. The molecule has 202 valence electrons. The molecule has 3 aromatic rings. The Morgan fingerprint density at radius 1 is 1.18 bits per heavy atom. The van der Waals surface area contributed by atoms with Gasteiger partial charge in [-0.25, -0.2) is 4.98 Å². The van der Waals surface area contributed by atoms with E-state index in [2.05, 4.69) is 17.9 Å². The molecule has 2 aromatic heterocycles. The molecule has 1 saturated heterocycles. The van der Waals surface area contributed by atoms with Crippen molar-refractivity contribution in [2.75, 3.05) is 13.1 Å². The van der Waals surface area contributed by atoms with Crippen molar-refractivity contribution in [1.82, 2.24) is 14.5 Å². The number of ether oxygens (including phenoxy) is 1. The quantitative estimate of drug-likeness (QED) is 0.353. The predicted molar refractivity (Wildman–Crippen MR) is 150 cm³/mol.